The summed E-state index contributed by atoms with van der Waals surface area (Å²) < 4.78 is 5.29. The summed E-state index contributed by atoms with van der Waals surface area (Å²) in [5.41, 5.74) is 0.232. The van der Waals surface area contributed by atoms with Crippen LogP contribution >= 0.6 is 11.6 Å². The molecule has 0 aliphatic carbocycles. The summed E-state index contributed by atoms with van der Waals surface area (Å²) in [4.78, 5) is 15.7. The van der Waals surface area contributed by atoms with Crippen molar-refractivity contribution < 1.29 is 19.9 Å². The lowest BCUT2D eigenvalue weighted by molar-refractivity contribution is -0.393. The lowest BCUT2D eigenvalue weighted by Gasteiger charge is -2.10. The Morgan fingerprint density at radius 2 is 2.29 bits per heavy atom. The minimum Gasteiger partial charge on any atom is -0.390 e. The molecule has 0 amide bonds. The van der Waals surface area contributed by atoms with Crippen LogP contribution in [0.3, 0.4) is 0 Å². The van der Waals surface area contributed by atoms with Crippen molar-refractivity contribution >= 4 is 17.5 Å². The lowest BCUT2D eigenvalue weighted by Crippen LogP contribution is -2.31. The monoisotopic (exact) mass is 263 g/mol. The smallest absolute Gasteiger partial charge is 0.390 e. The van der Waals surface area contributed by atoms with Crippen molar-refractivity contribution in [2.24, 2.45) is 0 Å². The standard InChI is InChI=1S/C8H10ClN3O5/c9-1-4-5(13)6(14)7(17-4)3-2-10-8(11-3)12(15)16/h2,4-7,13-14H,1H2,(H,10,11)/t4-,5-,6+,7+/m1/s1. The molecule has 94 valence electrons. The largest absolute Gasteiger partial charge is 0.432 e. The molecule has 1 saturated heterocycles. The summed E-state index contributed by atoms with van der Waals surface area (Å²) in [7, 11) is 0. The number of aliphatic hydroxyl groups is 2. The quantitative estimate of drug-likeness (QED) is 0.392. The number of rotatable bonds is 3. The van der Waals surface area contributed by atoms with E-state index < -0.39 is 35.3 Å². The summed E-state index contributed by atoms with van der Waals surface area (Å²) in [6.45, 7) is 0. The Morgan fingerprint density at radius 1 is 1.59 bits per heavy atom. The number of alkyl halides is 1. The Hall–Kier alpha value is -1.22. The van der Waals surface area contributed by atoms with E-state index in [9.17, 15) is 20.3 Å². The third kappa shape index (κ3) is 2.12. The van der Waals surface area contributed by atoms with Gasteiger partial charge in [0.2, 0.25) is 0 Å². The summed E-state index contributed by atoms with van der Waals surface area (Å²) in [6.07, 6.45) is -2.73. The van der Waals surface area contributed by atoms with Gasteiger partial charge < -0.3 is 25.1 Å². The molecule has 4 atom stereocenters. The van der Waals surface area contributed by atoms with E-state index in [1.807, 2.05) is 0 Å². The number of nitrogens with zero attached hydrogens (tertiary/aromatic N) is 2. The van der Waals surface area contributed by atoms with Crippen LogP contribution in [0.25, 0.3) is 0 Å². The number of nitro groups is 1. The molecule has 1 aliphatic heterocycles. The highest BCUT2D eigenvalue weighted by Crippen LogP contribution is 2.33. The number of aromatic nitrogens is 2. The van der Waals surface area contributed by atoms with Crippen LogP contribution in [0.15, 0.2) is 6.20 Å². The third-order valence-electron chi connectivity index (χ3n) is 2.58. The fourth-order valence-electron chi connectivity index (χ4n) is 1.69. The molecule has 0 radical (unpaired) electrons. The second-order valence-electron chi connectivity index (χ2n) is 3.65. The predicted molar refractivity (Wildman–Crippen MR) is 55.6 cm³/mol. The number of hydrogen-bond donors (Lipinski definition) is 3. The van der Waals surface area contributed by atoms with E-state index in [1.54, 1.807) is 0 Å². The van der Waals surface area contributed by atoms with Crippen molar-refractivity contribution in [3.8, 4) is 0 Å². The van der Waals surface area contributed by atoms with E-state index in [-0.39, 0.29) is 11.6 Å². The summed E-state index contributed by atoms with van der Waals surface area (Å²) >= 11 is 5.55. The molecule has 17 heavy (non-hydrogen) atoms. The van der Waals surface area contributed by atoms with Gasteiger partial charge in [0.25, 0.3) is 0 Å². The van der Waals surface area contributed by atoms with E-state index in [4.69, 9.17) is 16.3 Å². The molecule has 3 N–H and O–H groups in total. The lowest BCUT2D eigenvalue weighted by atomic mass is 10.1. The molecular weight excluding hydrogens is 254 g/mol. The van der Waals surface area contributed by atoms with Gasteiger partial charge in [-0.2, -0.15) is 0 Å². The molecule has 8 nitrogen and oxygen atoms in total. The Morgan fingerprint density at radius 3 is 2.76 bits per heavy atom. The number of aromatic amines is 1. The molecule has 9 heteroatoms. The van der Waals surface area contributed by atoms with Gasteiger partial charge in [0.05, 0.1) is 5.88 Å². The average molecular weight is 264 g/mol. The summed E-state index contributed by atoms with van der Waals surface area (Å²) in [5.74, 6) is -0.426. The highest BCUT2D eigenvalue weighted by molar-refractivity contribution is 6.18. The van der Waals surface area contributed by atoms with Gasteiger partial charge in [-0.3, -0.25) is 0 Å². The van der Waals surface area contributed by atoms with Gasteiger partial charge in [-0.05, 0) is 4.92 Å². The Bertz CT molecular complexity index is 425. The first-order valence-corrected chi connectivity index (χ1v) is 5.35. The first kappa shape index (κ1) is 12.2. The molecule has 2 heterocycles. The molecular formula is C8H10ClN3O5. The maximum absolute atomic E-state index is 10.4. The third-order valence-corrected chi connectivity index (χ3v) is 2.88. The number of hydrogen-bond acceptors (Lipinski definition) is 6. The summed E-state index contributed by atoms with van der Waals surface area (Å²) in [5, 5.41) is 29.7. The second-order valence-corrected chi connectivity index (χ2v) is 3.96. The Balaban J connectivity index is 2.19. The zero-order valence-electron chi connectivity index (χ0n) is 8.49. The Labute approximate surface area is 100 Å². The molecule has 1 aliphatic rings. The number of ether oxygens (including phenoxy) is 1. The minimum absolute atomic E-state index is 0.0188. The van der Waals surface area contributed by atoms with Crippen LogP contribution in [0, 0.1) is 10.1 Å². The highest BCUT2D eigenvalue weighted by Gasteiger charge is 2.45. The normalized spacial score (nSPS) is 32.9. The van der Waals surface area contributed by atoms with Gasteiger partial charge in [0.15, 0.2) is 0 Å². The molecule has 1 aromatic rings. The van der Waals surface area contributed by atoms with Gasteiger partial charge in [0.1, 0.15) is 36.3 Å². The van der Waals surface area contributed by atoms with Gasteiger partial charge in [-0.25, -0.2) is 4.98 Å². The number of aliphatic hydroxyl groups excluding tert-OH is 2. The van der Waals surface area contributed by atoms with Crippen LogP contribution in [0.2, 0.25) is 0 Å². The zero-order valence-corrected chi connectivity index (χ0v) is 9.24. The van der Waals surface area contributed by atoms with E-state index >= 15 is 0 Å². The summed E-state index contributed by atoms with van der Waals surface area (Å²) in [6, 6.07) is 0. The van der Waals surface area contributed by atoms with Crippen molar-refractivity contribution in [1.29, 1.82) is 0 Å². The van der Waals surface area contributed by atoms with Crippen LogP contribution in [0.4, 0.5) is 5.95 Å². The fraction of sp³-hybridized carbons (Fsp3) is 0.625. The second kappa shape index (κ2) is 4.57. The fourth-order valence-corrected chi connectivity index (χ4v) is 1.95. The predicted octanol–water partition coefficient (Wildman–Crippen LogP) is -0.282. The van der Waals surface area contributed by atoms with Crippen molar-refractivity contribution in [2.75, 3.05) is 5.88 Å². The number of H-pyrrole nitrogens is 1. The van der Waals surface area contributed by atoms with Gasteiger partial charge >= 0.3 is 5.95 Å². The van der Waals surface area contributed by atoms with E-state index in [1.165, 1.54) is 6.20 Å². The van der Waals surface area contributed by atoms with Crippen molar-refractivity contribution in [2.45, 2.75) is 24.4 Å². The molecule has 1 fully saturated rings. The maximum atomic E-state index is 10.4. The van der Waals surface area contributed by atoms with Crippen molar-refractivity contribution in [3.63, 3.8) is 0 Å². The van der Waals surface area contributed by atoms with Crippen LogP contribution in [0.5, 0.6) is 0 Å². The molecule has 1 aromatic heterocycles. The van der Waals surface area contributed by atoms with Crippen LogP contribution in [0.1, 0.15) is 11.8 Å². The van der Waals surface area contributed by atoms with Crippen molar-refractivity contribution in [1.82, 2.24) is 9.97 Å². The van der Waals surface area contributed by atoms with E-state index in [0.29, 0.717) is 0 Å². The van der Waals surface area contributed by atoms with Crippen molar-refractivity contribution in [3.05, 3.63) is 22.0 Å². The van der Waals surface area contributed by atoms with Crippen LogP contribution < -0.4 is 0 Å². The highest BCUT2D eigenvalue weighted by atomic mass is 35.5. The number of imidazole rings is 1. The minimum atomic E-state index is -1.20. The molecule has 0 unspecified atom stereocenters. The van der Waals surface area contributed by atoms with Gasteiger partial charge in [-0.1, -0.05) is 4.98 Å². The molecule has 0 spiro atoms. The molecule has 0 aromatic carbocycles. The average Bonchev–Trinajstić information content (AvgIpc) is 2.87. The first-order valence-electron chi connectivity index (χ1n) is 4.81. The topological polar surface area (TPSA) is 122 Å². The number of nitrogens with one attached hydrogen (secondary N) is 1. The maximum Gasteiger partial charge on any atom is 0.432 e. The van der Waals surface area contributed by atoms with E-state index in [2.05, 4.69) is 9.97 Å². The van der Waals surface area contributed by atoms with Crippen LogP contribution in [-0.2, 0) is 4.74 Å². The number of halogens is 1. The molecule has 2 rings (SSSR count). The van der Waals surface area contributed by atoms with Crippen LogP contribution in [-0.4, -0.2) is 49.3 Å². The van der Waals surface area contributed by atoms with Gasteiger partial charge in [-0.15, -0.1) is 11.6 Å². The first-order chi connectivity index (χ1) is 8.04. The molecule has 0 bridgehead atoms. The van der Waals surface area contributed by atoms with Gasteiger partial charge in [0, 0.05) is 0 Å². The Kier molecular flexibility index (Phi) is 3.29. The van der Waals surface area contributed by atoms with E-state index in [0.717, 1.165) is 0 Å². The SMILES string of the molecule is O=[N+]([O-])c1ncc([C@@H]2O[C@H](CCl)[C@@H](O)[C@@H]2O)[nH]1. The molecule has 0 saturated carbocycles. The zero-order chi connectivity index (χ0) is 12.6.